The van der Waals surface area contributed by atoms with Crippen LogP contribution in [0.5, 0.6) is 11.5 Å². The molecule has 10 heteroatoms. The number of amides is 1. The topological polar surface area (TPSA) is 158 Å². The zero-order valence-electron chi connectivity index (χ0n) is 12.3. The maximum Gasteiger partial charge on any atom is 0.294 e. The third kappa shape index (κ3) is 3.02. The SMILES string of the molecule is O=C1Nc2ccc(O)cc2OC1O[C@@H]1O[C@H](CO)[C@@H](O)[C@H](O)[C@H]1O. The number of phenolic OH excluding ortho intramolecular Hbond substituents is 1. The number of aromatic hydroxyl groups is 1. The first-order valence-corrected chi connectivity index (χ1v) is 7.17. The lowest BCUT2D eigenvalue weighted by Gasteiger charge is -2.40. The second-order valence-corrected chi connectivity index (χ2v) is 5.45. The Hall–Kier alpha value is -1.95. The molecule has 6 atom stereocenters. The summed E-state index contributed by atoms with van der Waals surface area (Å²) >= 11 is 0. The number of phenols is 1. The van der Waals surface area contributed by atoms with Gasteiger partial charge in [-0.15, -0.1) is 0 Å². The van der Waals surface area contributed by atoms with E-state index in [9.17, 15) is 25.2 Å². The largest absolute Gasteiger partial charge is 0.508 e. The number of anilines is 1. The minimum Gasteiger partial charge on any atom is -0.508 e. The van der Waals surface area contributed by atoms with Crippen LogP contribution in [0.2, 0.25) is 0 Å². The number of benzene rings is 1. The Morgan fingerprint density at radius 1 is 1.17 bits per heavy atom. The van der Waals surface area contributed by atoms with E-state index < -0.39 is 49.5 Å². The van der Waals surface area contributed by atoms with E-state index in [-0.39, 0.29) is 11.5 Å². The molecule has 0 aromatic heterocycles. The summed E-state index contributed by atoms with van der Waals surface area (Å²) in [5.41, 5.74) is 0.325. The number of aliphatic hydroxyl groups excluding tert-OH is 4. The monoisotopic (exact) mass is 343 g/mol. The van der Waals surface area contributed by atoms with Crippen LogP contribution in [-0.2, 0) is 14.3 Å². The molecule has 2 heterocycles. The Morgan fingerprint density at radius 3 is 2.62 bits per heavy atom. The number of hydrogen-bond donors (Lipinski definition) is 6. The summed E-state index contributed by atoms with van der Waals surface area (Å²) < 4.78 is 15.7. The number of aliphatic hydroxyl groups is 4. The van der Waals surface area contributed by atoms with Gasteiger partial charge in [-0.1, -0.05) is 0 Å². The number of nitrogens with one attached hydrogen (secondary N) is 1. The van der Waals surface area contributed by atoms with Crippen LogP contribution in [0.3, 0.4) is 0 Å². The fraction of sp³-hybridized carbons (Fsp3) is 0.500. The molecule has 0 spiro atoms. The number of carbonyl (C=O) groups is 1. The van der Waals surface area contributed by atoms with Crippen molar-refractivity contribution in [2.24, 2.45) is 0 Å². The van der Waals surface area contributed by atoms with Gasteiger partial charge in [0.05, 0.1) is 12.3 Å². The lowest BCUT2D eigenvalue weighted by molar-refractivity contribution is -0.322. The van der Waals surface area contributed by atoms with Gasteiger partial charge in [0.25, 0.3) is 12.2 Å². The minimum atomic E-state index is -1.66. The zero-order valence-corrected chi connectivity index (χ0v) is 12.3. The Kier molecular flexibility index (Phi) is 4.58. The average molecular weight is 343 g/mol. The fourth-order valence-electron chi connectivity index (χ4n) is 2.46. The average Bonchev–Trinajstić information content (AvgIpc) is 2.56. The number of carbonyl (C=O) groups excluding carboxylic acids is 1. The highest BCUT2D eigenvalue weighted by Gasteiger charge is 2.46. The van der Waals surface area contributed by atoms with Crippen LogP contribution in [0.4, 0.5) is 5.69 Å². The molecule has 1 aromatic carbocycles. The summed E-state index contributed by atoms with van der Waals surface area (Å²) in [4.78, 5) is 12.0. The summed E-state index contributed by atoms with van der Waals surface area (Å²) in [5.74, 6) is -0.633. The molecule has 0 bridgehead atoms. The van der Waals surface area contributed by atoms with Crippen LogP contribution in [0, 0.1) is 0 Å². The van der Waals surface area contributed by atoms with Crippen LogP contribution >= 0.6 is 0 Å². The standard InChI is InChI=1S/C14H17NO9/c16-4-8-9(18)10(19)11(20)13(23-8)24-14-12(21)15-6-2-1-5(17)3-7(6)22-14/h1-3,8-11,13-14,16-20H,4H2,(H,15,21)/t8-,9-,10+,11-,13+,14?/m1/s1. The third-order valence-corrected chi connectivity index (χ3v) is 3.78. The van der Waals surface area contributed by atoms with Crippen molar-refractivity contribution >= 4 is 11.6 Å². The Balaban J connectivity index is 1.74. The first kappa shape index (κ1) is 16.9. The van der Waals surface area contributed by atoms with Crippen LogP contribution in [0.25, 0.3) is 0 Å². The Labute approximate surface area is 135 Å². The molecule has 1 unspecified atom stereocenters. The highest BCUT2D eigenvalue weighted by molar-refractivity contribution is 5.97. The van der Waals surface area contributed by atoms with E-state index >= 15 is 0 Å². The van der Waals surface area contributed by atoms with Crippen molar-refractivity contribution in [3.8, 4) is 11.5 Å². The third-order valence-electron chi connectivity index (χ3n) is 3.78. The van der Waals surface area contributed by atoms with Crippen LogP contribution < -0.4 is 10.1 Å². The number of rotatable bonds is 3. The molecular weight excluding hydrogens is 326 g/mol. The summed E-state index contributed by atoms with van der Waals surface area (Å²) in [6, 6.07) is 4.06. The number of fused-ring (bicyclic) bond motifs is 1. The number of hydrogen-bond acceptors (Lipinski definition) is 9. The molecule has 3 rings (SSSR count). The van der Waals surface area contributed by atoms with Gasteiger partial charge in [0.15, 0.2) is 12.0 Å². The number of ether oxygens (including phenoxy) is 3. The lowest BCUT2D eigenvalue weighted by atomic mass is 9.99. The molecule has 1 fully saturated rings. The van der Waals surface area contributed by atoms with Crippen LogP contribution in [0.1, 0.15) is 0 Å². The molecule has 10 nitrogen and oxygen atoms in total. The maximum atomic E-state index is 12.0. The van der Waals surface area contributed by atoms with E-state index in [1.54, 1.807) is 0 Å². The van der Waals surface area contributed by atoms with E-state index in [1.807, 2.05) is 0 Å². The van der Waals surface area contributed by atoms with E-state index in [0.29, 0.717) is 5.69 Å². The smallest absolute Gasteiger partial charge is 0.294 e. The molecule has 1 aromatic rings. The molecule has 2 aliphatic rings. The van der Waals surface area contributed by atoms with Crippen molar-refractivity contribution in [3.05, 3.63) is 18.2 Å². The highest BCUT2D eigenvalue weighted by Crippen LogP contribution is 2.34. The van der Waals surface area contributed by atoms with Crippen molar-refractivity contribution < 1.29 is 44.5 Å². The quantitative estimate of drug-likeness (QED) is 0.337. The molecule has 132 valence electrons. The van der Waals surface area contributed by atoms with Gasteiger partial charge in [-0.3, -0.25) is 4.79 Å². The summed E-state index contributed by atoms with van der Waals surface area (Å²) in [7, 11) is 0. The maximum absolute atomic E-state index is 12.0. The predicted octanol–water partition coefficient (Wildman–Crippen LogP) is -2.13. The van der Waals surface area contributed by atoms with Gasteiger partial charge >= 0.3 is 0 Å². The lowest BCUT2D eigenvalue weighted by Crippen LogP contribution is -2.60. The molecule has 6 N–H and O–H groups in total. The first-order chi connectivity index (χ1) is 11.4. The molecule has 0 saturated carbocycles. The van der Waals surface area contributed by atoms with Gasteiger partial charge in [0.1, 0.15) is 30.2 Å². The fourth-order valence-corrected chi connectivity index (χ4v) is 2.46. The van der Waals surface area contributed by atoms with Gasteiger partial charge in [0, 0.05) is 6.07 Å². The molecular formula is C14H17NO9. The molecule has 24 heavy (non-hydrogen) atoms. The Morgan fingerprint density at radius 2 is 1.92 bits per heavy atom. The van der Waals surface area contributed by atoms with Gasteiger partial charge in [-0.25, -0.2) is 0 Å². The Bertz CT molecular complexity index is 622. The van der Waals surface area contributed by atoms with Gasteiger partial charge in [-0.05, 0) is 12.1 Å². The second kappa shape index (κ2) is 6.51. The van der Waals surface area contributed by atoms with Crippen molar-refractivity contribution in [2.75, 3.05) is 11.9 Å². The molecule has 0 radical (unpaired) electrons. The molecule has 1 amide bonds. The predicted molar refractivity (Wildman–Crippen MR) is 76.0 cm³/mol. The highest BCUT2D eigenvalue weighted by atomic mass is 16.8. The summed E-state index contributed by atoms with van der Waals surface area (Å²) in [6.45, 7) is -0.626. The summed E-state index contributed by atoms with van der Waals surface area (Å²) in [5, 5.41) is 50.4. The molecule has 0 aliphatic carbocycles. The normalized spacial score (nSPS) is 35.8. The zero-order chi connectivity index (χ0) is 17.4. The van der Waals surface area contributed by atoms with Crippen molar-refractivity contribution in [3.63, 3.8) is 0 Å². The first-order valence-electron chi connectivity index (χ1n) is 7.17. The van der Waals surface area contributed by atoms with E-state index in [0.717, 1.165) is 0 Å². The van der Waals surface area contributed by atoms with E-state index in [4.69, 9.17) is 19.3 Å². The van der Waals surface area contributed by atoms with Gasteiger partial charge in [0.2, 0.25) is 0 Å². The van der Waals surface area contributed by atoms with Crippen LogP contribution in [-0.4, -0.2) is 75.0 Å². The van der Waals surface area contributed by atoms with Gasteiger partial charge in [-0.2, -0.15) is 0 Å². The summed E-state index contributed by atoms with van der Waals surface area (Å²) in [6.07, 6.45) is -9.05. The van der Waals surface area contributed by atoms with Crippen molar-refractivity contribution in [2.45, 2.75) is 37.0 Å². The molecule has 1 saturated heterocycles. The second-order valence-electron chi connectivity index (χ2n) is 5.45. The van der Waals surface area contributed by atoms with Crippen molar-refractivity contribution in [1.29, 1.82) is 0 Å². The van der Waals surface area contributed by atoms with E-state index in [2.05, 4.69) is 5.32 Å². The minimum absolute atomic E-state index is 0.0866. The molecule has 2 aliphatic heterocycles. The van der Waals surface area contributed by atoms with Crippen molar-refractivity contribution in [1.82, 2.24) is 0 Å². The van der Waals surface area contributed by atoms with Gasteiger partial charge < -0.3 is 45.1 Å². The van der Waals surface area contributed by atoms with E-state index in [1.165, 1.54) is 18.2 Å². The van der Waals surface area contributed by atoms with Crippen LogP contribution in [0.15, 0.2) is 18.2 Å².